The summed E-state index contributed by atoms with van der Waals surface area (Å²) >= 11 is 0. The summed E-state index contributed by atoms with van der Waals surface area (Å²) in [7, 11) is 0. The van der Waals surface area contributed by atoms with Gasteiger partial charge in [-0.25, -0.2) is 0 Å². The predicted octanol–water partition coefficient (Wildman–Crippen LogP) is 3.85. The topological polar surface area (TPSA) is 20.3 Å². The highest BCUT2D eigenvalue weighted by Gasteiger charge is 2.38. The molecular weight excluding hydrogens is 222 g/mol. The van der Waals surface area contributed by atoms with Crippen molar-refractivity contribution in [3.8, 4) is 0 Å². The minimum absolute atomic E-state index is 0.0388. The largest absolute Gasteiger partial charge is 0.342 e. The molecule has 1 heterocycles. The van der Waals surface area contributed by atoms with Crippen molar-refractivity contribution < 1.29 is 4.79 Å². The summed E-state index contributed by atoms with van der Waals surface area (Å²) in [5.41, 5.74) is -0.0388. The first-order valence-corrected chi connectivity index (χ1v) is 7.82. The highest BCUT2D eigenvalue weighted by molar-refractivity contribution is 5.82. The van der Waals surface area contributed by atoms with Crippen molar-refractivity contribution in [2.24, 2.45) is 17.3 Å². The third kappa shape index (κ3) is 2.89. The van der Waals surface area contributed by atoms with E-state index in [2.05, 4.69) is 25.7 Å². The Morgan fingerprint density at radius 2 is 1.67 bits per heavy atom. The lowest BCUT2D eigenvalue weighted by atomic mass is 9.74. The van der Waals surface area contributed by atoms with Crippen molar-refractivity contribution >= 4 is 5.91 Å². The van der Waals surface area contributed by atoms with E-state index in [0.29, 0.717) is 5.91 Å². The molecule has 0 atom stereocenters. The summed E-state index contributed by atoms with van der Waals surface area (Å²) in [6.45, 7) is 8.81. The number of piperidine rings is 1. The molecule has 0 unspecified atom stereocenters. The number of hydrogen-bond donors (Lipinski definition) is 0. The van der Waals surface area contributed by atoms with Crippen LogP contribution in [0.1, 0.15) is 65.7 Å². The quantitative estimate of drug-likeness (QED) is 0.730. The number of nitrogens with zero attached hydrogens (tertiary/aromatic N) is 1. The van der Waals surface area contributed by atoms with Crippen LogP contribution in [-0.2, 0) is 4.79 Å². The van der Waals surface area contributed by atoms with Gasteiger partial charge in [0.15, 0.2) is 0 Å². The Hall–Kier alpha value is -0.530. The Labute approximate surface area is 112 Å². The number of likely N-dealkylation sites (tertiary alicyclic amines) is 1. The predicted molar refractivity (Wildman–Crippen MR) is 75.3 cm³/mol. The van der Waals surface area contributed by atoms with Gasteiger partial charge < -0.3 is 4.90 Å². The Morgan fingerprint density at radius 3 is 2.17 bits per heavy atom. The van der Waals surface area contributed by atoms with E-state index < -0.39 is 0 Å². The molecule has 2 nitrogen and oxygen atoms in total. The molecule has 0 radical (unpaired) electrons. The Kier molecular flexibility index (Phi) is 4.34. The molecule has 0 aromatic rings. The van der Waals surface area contributed by atoms with Gasteiger partial charge in [0.1, 0.15) is 0 Å². The standard InChI is InChI=1S/C16H29NO/c1-13(2)14-7-11-17(12-8-14)15(18)16(3)9-5-4-6-10-16/h13-14H,4-12H2,1-3H3. The summed E-state index contributed by atoms with van der Waals surface area (Å²) in [5.74, 6) is 2.05. The Balaban J connectivity index is 1.90. The normalized spacial score (nSPS) is 25.4. The molecule has 1 aliphatic heterocycles. The molecule has 1 amide bonds. The first-order valence-electron chi connectivity index (χ1n) is 7.82. The molecular formula is C16H29NO. The number of hydrogen-bond acceptors (Lipinski definition) is 1. The van der Waals surface area contributed by atoms with Gasteiger partial charge in [0.05, 0.1) is 0 Å². The minimum atomic E-state index is -0.0388. The van der Waals surface area contributed by atoms with Gasteiger partial charge in [-0.1, -0.05) is 40.0 Å². The van der Waals surface area contributed by atoms with Crippen molar-refractivity contribution in [2.45, 2.75) is 65.7 Å². The third-order valence-corrected chi connectivity index (χ3v) is 5.24. The van der Waals surface area contributed by atoms with Crippen LogP contribution in [0.2, 0.25) is 0 Å². The summed E-state index contributed by atoms with van der Waals surface area (Å²) in [6.07, 6.45) is 8.43. The molecule has 0 N–H and O–H groups in total. The fraction of sp³-hybridized carbons (Fsp3) is 0.938. The number of carbonyl (C=O) groups is 1. The monoisotopic (exact) mass is 251 g/mol. The zero-order chi connectivity index (χ0) is 13.2. The molecule has 0 spiro atoms. The summed E-state index contributed by atoms with van der Waals surface area (Å²) < 4.78 is 0. The summed E-state index contributed by atoms with van der Waals surface area (Å²) in [4.78, 5) is 14.8. The van der Waals surface area contributed by atoms with Crippen LogP contribution in [0.15, 0.2) is 0 Å². The van der Waals surface area contributed by atoms with Crippen molar-refractivity contribution in [1.82, 2.24) is 4.90 Å². The number of carbonyl (C=O) groups excluding carboxylic acids is 1. The van der Waals surface area contributed by atoms with Gasteiger partial charge >= 0.3 is 0 Å². The minimum Gasteiger partial charge on any atom is -0.342 e. The van der Waals surface area contributed by atoms with Crippen molar-refractivity contribution in [3.63, 3.8) is 0 Å². The van der Waals surface area contributed by atoms with Gasteiger partial charge in [-0.05, 0) is 37.5 Å². The van der Waals surface area contributed by atoms with E-state index in [1.54, 1.807) is 0 Å². The molecule has 18 heavy (non-hydrogen) atoms. The average Bonchev–Trinajstić information content (AvgIpc) is 2.39. The maximum absolute atomic E-state index is 12.7. The fourth-order valence-electron chi connectivity index (χ4n) is 3.70. The zero-order valence-electron chi connectivity index (χ0n) is 12.4. The van der Waals surface area contributed by atoms with Crippen LogP contribution in [0, 0.1) is 17.3 Å². The number of amides is 1. The van der Waals surface area contributed by atoms with Crippen LogP contribution in [0.3, 0.4) is 0 Å². The second-order valence-electron chi connectivity index (χ2n) is 6.99. The smallest absolute Gasteiger partial charge is 0.228 e. The highest BCUT2D eigenvalue weighted by Crippen LogP contribution is 2.38. The average molecular weight is 251 g/mol. The Bertz CT molecular complexity index is 283. The van der Waals surface area contributed by atoms with Crippen LogP contribution in [-0.4, -0.2) is 23.9 Å². The molecule has 0 bridgehead atoms. The van der Waals surface area contributed by atoms with Gasteiger partial charge in [0.2, 0.25) is 5.91 Å². The maximum Gasteiger partial charge on any atom is 0.228 e. The molecule has 1 saturated heterocycles. The zero-order valence-corrected chi connectivity index (χ0v) is 12.4. The molecule has 1 aliphatic carbocycles. The summed E-state index contributed by atoms with van der Waals surface area (Å²) in [6, 6.07) is 0. The van der Waals surface area contributed by atoms with E-state index in [0.717, 1.165) is 37.8 Å². The van der Waals surface area contributed by atoms with Gasteiger partial charge in [0, 0.05) is 18.5 Å². The van der Waals surface area contributed by atoms with Gasteiger partial charge in [0.25, 0.3) is 0 Å². The van der Waals surface area contributed by atoms with Crippen LogP contribution in [0.5, 0.6) is 0 Å². The van der Waals surface area contributed by atoms with Crippen LogP contribution in [0.25, 0.3) is 0 Å². The maximum atomic E-state index is 12.7. The van der Waals surface area contributed by atoms with Crippen LogP contribution >= 0.6 is 0 Å². The second kappa shape index (κ2) is 5.63. The molecule has 104 valence electrons. The second-order valence-corrected chi connectivity index (χ2v) is 6.99. The molecule has 0 aromatic heterocycles. The van der Waals surface area contributed by atoms with E-state index in [-0.39, 0.29) is 5.41 Å². The lowest BCUT2D eigenvalue weighted by molar-refractivity contribution is -0.144. The third-order valence-electron chi connectivity index (χ3n) is 5.24. The van der Waals surface area contributed by atoms with E-state index in [4.69, 9.17) is 0 Å². The number of rotatable bonds is 2. The highest BCUT2D eigenvalue weighted by atomic mass is 16.2. The van der Waals surface area contributed by atoms with Crippen molar-refractivity contribution in [2.75, 3.05) is 13.1 Å². The molecule has 2 rings (SSSR count). The Morgan fingerprint density at radius 1 is 1.11 bits per heavy atom. The molecule has 2 aliphatic rings. The van der Waals surface area contributed by atoms with Gasteiger partial charge in [-0.3, -0.25) is 4.79 Å². The van der Waals surface area contributed by atoms with E-state index in [9.17, 15) is 4.79 Å². The lowest BCUT2D eigenvalue weighted by Crippen LogP contribution is -2.47. The molecule has 2 heteroatoms. The van der Waals surface area contributed by atoms with Crippen LogP contribution in [0.4, 0.5) is 0 Å². The van der Waals surface area contributed by atoms with Gasteiger partial charge in [-0.2, -0.15) is 0 Å². The molecule has 2 fully saturated rings. The van der Waals surface area contributed by atoms with Crippen LogP contribution < -0.4 is 0 Å². The lowest BCUT2D eigenvalue weighted by Gasteiger charge is -2.41. The SMILES string of the molecule is CC(C)C1CCN(C(=O)C2(C)CCCCC2)CC1. The van der Waals surface area contributed by atoms with E-state index in [1.807, 2.05) is 0 Å². The fourth-order valence-corrected chi connectivity index (χ4v) is 3.70. The first kappa shape index (κ1) is 13.9. The molecule has 0 aromatic carbocycles. The summed E-state index contributed by atoms with van der Waals surface area (Å²) in [5, 5.41) is 0. The van der Waals surface area contributed by atoms with Crippen molar-refractivity contribution in [3.05, 3.63) is 0 Å². The van der Waals surface area contributed by atoms with E-state index in [1.165, 1.54) is 32.1 Å². The molecule has 1 saturated carbocycles. The van der Waals surface area contributed by atoms with Gasteiger partial charge in [-0.15, -0.1) is 0 Å². The van der Waals surface area contributed by atoms with Crippen molar-refractivity contribution in [1.29, 1.82) is 0 Å². The van der Waals surface area contributed by atoms with E-state index >= 15 is 0 Å². The first-order chi connectivity index (χ1) is 8.53.